The van der Waals surface area contributed by atoms with Gasteiger partial charge < -0.3 is 15.4 Å². The van der Waals surface area contributed by atoms with Crippen LogP contribution in [-0.4, -0.2) is 24.6 Å². The average molecular weight is 425 g/mol. The van der Waals surface area contributed by atoms with Crippen molar-refractivity contribution in [3.63, 3.8) is 0 Å². The molecule has 3 aromatic carbocycles. The van der Waals surface area contributed by atoms with Crippen molar-refractivity contribution in [3.8, 4) is 5.75 Å². The molecule has 0 aliphatic heterocycles. The van der Waals surface area contributed by atoms with E-state index < -0.39 is 0 Å². The Labute approximate surface area is 180 Å². The van der Waals surface area contributed by atoms with Crippen LogP contribution in [0.25, 0.3) is 0 Å². The van der Waals surface area contributed by atoms with Gasteiger partial charge in [0, 0.05) is 22.7 Å². The topological polar surface area (TPSA) is 50.4 Å². The molecule has 0 saturated carbocycles. The average Bonchev–Trinajstić information content (AvgIpc) is 2.75. The lowest BCUT2D eigenvalue weighted by atomic mass is 10.0. The maximum Gasteiger partial charge on any atom is 0.195 e. The van der Waals surface area contributed by atoms with Gasteiger partial charge in [0.15, 0.2) is 10.9 Å². The van der Waals surface area contributed by atoms with E-state index >= 15 is 0 Å². The first-order valence-corrected chi connectivity index (χ1v) is 9.92. The first kappa shape index (κ1) is 20.8. The number of nitrogens with one attached hydrogen (secondary N) is 2. The summed E-state index contributed by atoms with van der Waals surface area (Å²) < 4.78 is 5.17. The molecule has 0 spiro atoms. The Bertz CT molecular complexity index is 992. The van der Waals surface area contributed by atoms with Crippen LogP contribution in [0, 0.1) is 0 Å². The smallest absolute Gasteiger partial charge is 0.195 e. The molecule has 0 atom stereocenters. The Morgan fingerprint density at radius 2 is 1.76 bits per heavy atom. The Kier molecular flexibility index (Phi) is 7.22. The second-order valence-electron chi connectivity index (χ2n) is 6.36. The first-order valence-electron chi connectivity index (χ1n) is 9.14. The zero-order valence-electron chi connectivity index (χ0n) is 15.9. The van der Waals surface area contributed by atoms with Crippen LogP contribution in [0.3, 0.4) is 0 Å². The third kappa shape index (κ3) is 5.79. The summed E-state index contributed by atoms with van der Waals surface area (Å²) in [6.07, 6.45) is 0.808. The molecule has 3 rings (SSSR count). The fourth-order valence-corrected chi connectivity index (χ4v) is 3.22. The van der Waals surface area contributed by atoms with Gasteiger partial charge in [-0.1, -0.05) is 54.1 Å². The van der Waals surface area contributed by atoms with E-state index in [0.717, 1.165) is 12.2 Å². The molecule has 0 fully saturated rings. The van der Waals surface area contributed by atoms with Crippen molar-refractivity contribution >= 4 is 40.4 Å². The van der Waals surface area contributed by atoms with Crippen molar-refractivity contribution in [2.24, 2.45) is 0 Å². The number of ether oxygens (including phenoxy) is 1. The molecule has 0 bridgehead atoms. The summed E-state index contributed by atoms with van der Waals surface area (Å²) in [6.45, 7) is 0.660. The number of anilines is 1. The largest absolute Gasteiger partial charge is 0.497 e. The van der Waals surface area contributed by atoms with Crippen molar-refractivity contribution in [2.75, 3.05) is 19.0 Å². The number of halogens is 1. The standard InChI is InChI=1S/C23H21ClN2O2S/c1-28-19-10-7-16(8-11-19)13-14-25-23(29)26-21-12-9-18(24)15-20(21)22(27)17-5-3-2-4-6-17/h2-12,15H,13-14H2,1H3,(H2,25,26,29). The fourth-order valence-electron chi connectivity index (χ4n) is 2.84. The van der Waals surface area contributed by atoms with Crippen LogP contribution >= 0.6 is 23.8 Å². The number of methoxy groups -OCH3 is 1. The zero-order chi connectivity index (χ0) is 20.6. The normalized spacial score (nSPS) is 10.3. The van der Waals surface area contributed by atoms with E-state index in [9.17, 15) is 4.79 Å². The van der Waals surface area contributed by atoms with E-state index in [1.165, 1.54) is 5.56 Å². The molecular weight excluding hydrogens is 404 g/mol. The molecule has 0 amide bonds. The molecule has 148 valence electrons. The quantitative estimate of drug-likeness (QED) is 0.407. The summed E-state index contributed by atoms with van der Waals surface area (Å²) >= 11 is 11.5. The predicted octanol–water partition coefficient (Wildman–Crippen LogP) is 5.11. The van der Waals surface area contributed by atoms with Gasteiger partial charge in [-0.2, -0.15) is 0 Å². The summed E-state index contributed by atoms with van der Waals surface area (Å²) in [5.74, 6) is 0.717. The molecule has 3 aromatic rings. The summed E-state index contributed by atoms with van der Waals surface area (Å²) in [5.41, 5.74) is 2.86. The van der Waals surface area contributed by atoms with Crippen molar-refractivity contribution in [2.45, 2.75) is 6.42 Å². The van der Waals surface area contributed by atoms with Gasteiger partial charge in [0.25, 0.3) is 0 Å². The van der Waals surface area contributed by atoms with Gasteiger partial charge in [0.2, 0.25) is 0 Å². The van der Waals surface area contributed by atoms with Crippen LogP contribution < -0.4 is 15.4 Å². The maximum atomic E-state index is 12.9. The number of hydrogen-bond donors (Lipinski definition) is 2. The van der Waals surface area contributed by atoms with Gasteiger partial charge in [0.1, 0.15) is 5.75 Å². The summed E-state index contributed by atoms with van der Waals surface area (Å²) in [5, 5.41) is 7.23. The van der Waals surface area contributed by atoms with Gasteiger partial charge in [-0.15, -0.1) is 0 Å². The lowest BCUT2D eigenvalue weighted by molar-refractivity contribution is 0.103. The number of rotatable bonds is 7. The van der Waals surface area contributed by atoms with E-state index in [1.807, 2.05) is 42.5 Å². The van der Waals surface area contributed by atoms with E-state index in [4.69, 9.17) is 28.6 Å². The Morgan fingerprint density at radius 1 is 1.03 bits per heavy atom. The van der Waals surface area contributed by atoms with E-state index in [2.05, 4.69) is 10.6 Å². The lowest BCUT2D eigenvalue weighted by Gasteiger charge is -2.14. The van der Waals surface area contributed by atoms with Gasteiger partial charge in [-0.3, -0.25) is 4.79 Å². The Morgan fingerprint density at radius 3 is 2.45 bits per heavy atom. The zero-order valence-corrected chi connectivity index (χ0v) is 17.5. The molecule has 0 unspecified atom stereocenters. The summed E-state index contributed by atoms with van der Waals surface area (Å²) in [4.78, 5) is 12.9. The van der Waals surface area contributed by atoms with Crippen molar-refractivity contribution < 1.29 is 9.53 Å². The van der Waals surface area contributed by atoms with Gasteiger partial charge in [0.05, 0.1) is 12.8 Å². The van der Waals surface area contributed by atoms with E-state index in [0.29, 0.717) is 33.5 Å². The van der Waals surface area contributed by atoms with Crippen molar-refractivity contribution in [1.82, 2.24) is 5.32 Å². The van der Waals surface area contributed by atoms with Gasteiger partial charge >= 0.3 is 0 Å². The summed E-state index contributed by atoms with van der Waals surface area (Å²) in [7, 11) is 1.65. The first-order chi connectivity index (χ1) is 14.1. The van der Waals surface area contributed by atoms with Crippen LogP contribution in [0.2, 0.25) is 5.02 Å². The van der Waals surface area contributed by atoms with E-state index in [1.54, 1.807) is 37.4 Å². The third-order valence-corrected chi connectivity index (χ3v) is 4.85. The lowest BCUT2D eigenvalue weighted by Crippen LogP contribution is -2.30. The Hall–Kier alpha value is -2.89. The molecule has 0 radical (unpaired) electrons. The van der Waals surface area contributed by atoms with Crippen molar-refractivity contribution in [1.29, 1.82) is 0 Å². The molecule has 0 aliphatic carbocycles. The molecular formula is C23H21ClN2O2S. The molecule has 0 heterocycles. The van der Waals surface area contributed by atoms with E-state index in [-0.39, 0.29) is 5.78 Å². The predicted molar refractivity (Wildman–Crippen MR) is 122 cm³/mol. The van der Waals surface area contributed by atoms with Crippen LogP contribution in [-0.2, 0) is 6.42 Å². The molecule has 0 aliphatic rings. The molecule has 29 heavy (non-hydrogen) atoms. The highest BCUT2D eigenvalue weighted by molar-refractivity contribution is 7.80. The van der Waals surface area contributed by atoms with Crippen molar-refractivity contribution in [3.05, 3.63) is 94.5 Å². The maximum absolute atomic E-state index is 12.9. The fraction of sp³-hybridized carbons (Fsp3) is 0.130. The molecule has 6 heteroatoms. The minimum absolute atomic E-state index is 0.114. The monoisotopic (exact) mass is 424 g/mol. The molecule has 4 nitrogen and oxygen atoms in total. The number of ketones is 1. The molecule has 2 N–H and O–H groups in total. The number of thiocarbonyl (C=S) groups is 1. The number of hydrogen-bond acceptors (Lipinski definition) is 3. The van der Waals surface area contributed by atoms with Crippen LogP contribution in [0.1, 0.15) is 21.5 Å². The second-order valence-corrected chi connectivity index (χ2v) is 7.21. The van der Waals surface area contributed by atoms with Crippen LogP contribution in [0.5, 0.6) is 5.75 Å². The highest BCUT2D eigenvalue weighted by Crippen LogP contribution is 2.23. The Balaban J connectivity index is 1.63. The summed E-state index contributed by atoms with van der Waals surface area (Å²) in [6, 6.07) is 22.1. The highest BCUT2D eigenvalue weighted by Gasteiger charge is 2.15. The molecule has 0 saturated heterocycles. The number of carbonyl (C=O) groups excluding carboxylic acids is 1. The van der Waals surface area contributed by atoms with Crippen LogP contribution in [0.15, 0.2) is 72.8 Å². The molecule has 0 aromatic heterocycles. The number of benzene rings is 3. The second kappa shape index (κ2) is 10.0. The number of carbonyl (C=O) groups is 1. The van der Waals surface area contributed by atoms with Crippen LogP contribution in [0.4, 0.5) is 5.69 Å². The minimum atomic E-state index is -0.114. The van der Waals surface area contributed by atoms with Gasteiger partial charge in [-0.25, -0.2) is 0 Å². The minimum Gasteiger partial charge on any atom is -0.497 e. The van der Waals surface area contributed by atoms with Gasteiger partial charge in [-0.05, 0) is 54.5 Å². The SMILES string of the molecule is COc1ccc(CCNC(=S)Nc2ccc(Cl)cc2C(=O)c2ccccc2)cc1. The third-order valence-electron chi connectivity index (χ3n) is 4.37. The highest BCUT2D eigenvalue weighted by atomic mass is 35.5.